The average Bonchev–Trinajstić information content (AvgIpc) is 2.96. The summed E-state index contributed by atoms with van der Waals surface area (Å²) in [6.45, 7) is 4.28. The lowest BCUT2D eigenvalue weighted by atomic mass is 9.96. The second kappa shape index (κ2) is 25.8. The summed E-state index contributed by atoms with van der Waals surface area (Å²) in [6, 6.07) is 0. The Hall–Kier alpha value is -2.29. The molecule has 0 saturated heterocycles. The number of unbranched alkanes of at least 4 members (excludes halogenated alkanes) is 14. The number of ether oxygens (including phenoxy) is 1. The van der Waals surface area contributed by atoms with E-state index < -0.39 is 76.3 Å². The van der Waals surface area contributed by atoms with Crippen LogP contribution in [0.3, 0.4) is 0 Å². The molecular weight excluding hydrogens is 620 g/mol. The van der Waals surface area contributed by atoms with E-state index in [4.69, 9.17) is 10.5 Å². The second-order valence-electron chi connectivity index (χ2n) is 12.3. The van der Waals surface area contributed by atoms with E-state index >= 15 is 0 Å². The number of aliphatic hydroxyl groups excluding tert-OH is 1. The fraction of sp³-hybridized carbons (Fsp3) is 0.875. The van der Waals surface area contributed by atoms with Gasteiger partial charge in [0.05, 0.1) is 18.3 Å². The fourth-order valence-electron chi connectivity index (χ4n) is 5.35. The van der Waals surface area contributed by atoms with Gasteiger partial charge < -0.3 is 25.4 Å². The molecule has 13 nitrogen and oxygen atoms in total. The van der Waals surface area contributed by atoms with Crippen LogP contribution in [0.25, 0.3) is 0 Å². The van der Waals surface area contributed by atoms with Gasteiger partial charge in [-0.15, -0.1) is 0 Å². The number of hydrogen-bond acceptors (Lipinski definition) is 9. The van der Waals surface area contributed by atoms with Crippen LogP contribution in [0.2, 0.25) is 0 Å². The Balaban J connectivity index is 4.83. The number of nitrogens with two attached hydrogens (primary N) is 1. The third kappa shape index (κ3) is 22.3. The first-order valence-electron chi connectivity index (χ1n) is 17.1. The second-order valence-corrected chi connectivity index (χ2v) is 13.9. The first kappa shape index (κ1) is 43.7. The van der Waals surface area contributed by atoms with E-state index in [0.717, 1.165) is 64.2 Å². The maximum Gasteiger partial charge on any atom is 0.309 e. The van der Waals surface area contributed by atoms with E-state index in [1.807, 2.05) is 5.32 Å². The van der Waals surface area contributed by atoms with Crippen LogP contribution < -0.4 is 11.1 Å². The summed E-state index contributed by atoms with van der Waals surface area (Å²) < 4.78 is 38.4. The van der Waals surface area contributed by atoms with Gasteiger partial charge in [0.2, 0.25) is 5.91 Å². The number of nitrogens with one attached hydrogen (secondary N) is 1. The van der Waals surface area contributed by atoms with Gasteiger partial charge in [-0.05, 0) is 12.8 Å². The number of aliphatic hydroxyl groups is 1. The summed E-state index contributed by atoms with van der Waals surface area (Å²) in [5, 5.41) is 29.0. The van der Waals surface area contributed by atoms with Crippen LogP contribution in [-0.2, 0) is 34.0 Å². The van der Waals surface area contributed by atoms with Crippen molar-refractivity contribution in [3.63, 3.8) is 0 Å². The van der Waals surface area contributed by atoms with E-state index in [2.05, 4.69) is 13.8 Å². The van der Waals surface area contributed by atoms with Gasteiger partial charge in [0.1, 0.15) is 6.23 Å². The highest BCUT2D eigenvalue weighted by Crippen LogP contribution is 2.20. The van der Waals surface area contributed by atoms with Crippen molar-refractivity contribution >= 4 is 33.9 Å². The molecule has 0 aliphatic rings. The summed E-state index contributed by atoms with van der Waals surface area (Å²) in [5.74, 6) is -6.88. The van der Waals surface area contributed by atoms with E-state index in [9.17, 15) is 47.5 Å². The van der Waals surface area contributed by atoms with Crippen molar-refractivity contribution in [2.45, 2.75) is 166 Å². The van der Waals surface area contributed by atoms with E-state index in [0.29, 0.717) is 19.3 Å². The number of carbonyl (C=O) groups is 4. The summed E-state index contributed by atoms with van der Waals surface area (Å²) >= 11 is 0. The number of carboxylic acids is 2. The Labute approximate surface area is 275 Å². The molecule has 0 saturated carbocycles. The number of amides is 1. The molecule has 0 rings (SSSR count). The number of rotatable bonds is 30. The highest BCUT2D eigenvalue weighted by molar-refractivity contribution is 7.87. The van der Waals surface area contributed by atoms with Crippen LogP contribution in [0.5, 0.6) is 0 Å². The predicted octanol–water partition coefficient (Wildman–Crippen LogP) is 5.14. The zero-order valence-corrected chi connectivity index (χ0v) is 28.7. The molecule has 5 atom stereocenters. The molecule has 0 spiro atoms. The number of carboxylic acid groups (broad SMARTS) is 2. The van der Waals surface area contributed by atoms with E-state index in [1.54, 1.807) is 0 Å². The maximum absolute atomic E-state index is 12.6. The van der Waals surface area contributed by atoms with Crippen LogP contribution in [-0.4, -0.2) is 69.8 Å². The zero-order chi connectivity index (χ0) is 35.0. The molecule has 7 N–H and O–H groups in total. The smallest absolute Gasteiger partial charge is 0.309 e. The molecule has 5 unspecified atom stereocenters. The van der Waals surface area contributed by atoms with Gasteiger partial charge in [-0.1, -0.05) is 117 Å². The zero-order valence-electron chi connectivity index (χ0n) is 27.9. The first-order chi connectivity index (χ1) is 21.7. The van der Waals surface area contributed by atoms with E-state index in [1.165, 1.54) is 25.7 Å². The minimum Gasteiger partial charge on any atom is -0.481 e. The van der Waals surface area contributed by atoms with Crippen LogP contribution >= 0.6 is 0 Å². The van der Waals surface area contributed by atoms with Crippen molar-refractivity contribution in [3.8, 4) is 0 Å². The summed E-state index contributed by atoms with van der Waals surface area (Å²) in [4.78, 5) is 48.4. The molecule has 0 bridgehead atoms. The molecular formula is C32H60N2O11S. The Bertz CT molecular complexity index is 977. The van der Waals surface area contributed by atoms with Crippen molar-refractivity contribution in [2.75, 3.05) is 0 Å². The lowest BCUT2D eigenvalue weighted by molar-refractivity contribution is -0.153. The molecule has 0 heterocycles. The summed E-state index contributed by atoms with van der Waals surface area (Å²) in [6.07, 6.45) is 11.9. The van der Waals surface area contributed by atoms with Gasteiger partial charge in [-0.25, -0.2) is 0 Å². The monoisotopic (exact) mass is 680 g/mol. The van der Waals surface area contributed by atoms with Gasteiger partial charge in [0.25, 0.3) is 10.1 Å². The van der Waals surface area contributed by atoms with E-state index in [-0.39, 0.29) is 12.8 Å². The number of aliphatic carboxylic acids is 2. The van der Waals surface area contributed by atoms with Crippen molar-refractivity contribution in [3.05, 3.63) is 0 Å². The molecule has 0 aliphatic carbocycles. The Kier molecular flexibility index (Phi) is 24.5. The molecule has 14 heteroatoms. The van der Waals surface area contributed by atoms with Gasteiger partial charge in [0.15, 0.2) is 11.5 Å². The summed E-state index contributed by atoms with van der Waals surface area (Å²) in [7, 11) is -5.15. The Morgan fingerprint density at radius 3 is 1.48 bits per heavy atom. The highest BCUT2D eigenvalue weighted by Gasteiger charge is 2.36. The lowest BCUT2D eigenvalue weighted by Crippen LogP contribution is -2.47. The molecule has 270 valence electrons. The fourth-order valence-corrected chi connectivity index (χ4v) is 6.03. The number of carbonyl (C=O) groups excluding carboxylic acids is 2. The van der Waals surface area contributed by atoms with Crippen molar-refractivity contribution in [1.29, 1.82) is 0 Å². The SMILES string of the molecule is CCCCCCCCCCC(CC(O)NC(=O)C(CC(=O)OC(N)CC(CCCCCCCCCC)C(=O)O)S(=O)(=O)O)C(=O)O. The van der Waals surface area contributed by atoms with Gasteiger partial charge >= 0.3 is 17.9 Å². The largest absolute Gasteiger partial charge is 0.481 e. The van der Waals surface area contributed by atoms with Crippen LogP contribution in [0.1, 0.15) is 149 Å². The third-order valence-electron chi connectivity index (χ3n) is 8.13. The molecule has 0 fully saturated rings. The molecule has 1 amide bonds. The topological polar surface area (TPSA) is 231 Å². The normalized spacial score (nSPS) is 15.0. The number of esters is 1. The van der Waals surface area contributed by atoms with Gasteiger partial charge in [-0.2, -0.15) is 8.42 Å². The van der Waals surface area contributed by atoms with Crippen LogP contribution in [0, 0.1) is 11.8 Å². The minimum absolute atomic E-state index is 0.228. The third-order valence-corrected chi connectivity index (χ3v) is 9.23. The minimum atomic E-state index is -5.15. The first-order valence-corrected chi connectivity index (χ1v) is 18.6. The molecule has 0 aliphatic heterocycles. The summed E-state index contributed by atoms with van der Waals surface area (Å²) in [5.41, 5.74) is 5.81. The van der Waals surface area contributed by atoms with Crippen molar-refractivity contribution < 1.29 is 52.2 Å². The molecule has 0 aromatic carbocycles. The molecule has 0 aromatic heterocycles. The van der Waals surface area contributed by atoms with Gasteiger partial charge in [0, 0.05) is 12.8 Å². The Morgan fingerprint density at radius 1 is 0.696 bits per heavy atom. The quantitative estimate of drug-likeness (QED) is 0.0251. The number of hydrogen-bond donors (Lipinski definition) is 6. The van der Waals surface area contributed by atoms with Crippen molar-refractivity contribution in [1.82, 2.24) is 5.32 Å². The highest BCUT2D eigenvalue weighted by atomic mass is 32.2. The molecule has 46 heavy (non-hydrogen) atoms. The van der Waals surface area contributed by atoms with Crippen LogP contribution in [0.15, 0.2) is 0 Å². The standard InChI is InChI=1S/C32H60N2O11S/c1-3-5-7-9-11-13-15-17-19-24(31(38)39)21-27(33)45-29(36)23-26(46(42,43)44)30(37)34-28(35)22-25(32(40)41)20-18-16-14-12-10-8-6-4-2/h24-28,35H,3-23,33H2,1-2H3,(H,34,37)(H,38,39)(H,40,41)(H,42,43,44). The van der Waals surface area contributed by atoms with Crippen LogP contribution in [0.4, 0.5) is 0 Å². The molecule has 0 radical (unpaired) electrons. The predicted molar refractivity (Wildman–Crippen MR) is 174 cm³/mol. The Morgan fingerprint density at radius 2 is 1.09 bits per heavy atom. The maximum atomic E-state index is 12.6. The lowest BCUT2D eigenvalue weighted by Gasteiger charge is -2.21. The van der Waals surface area contributed by atoms with Crippen molar-refractivity contribution in [2.24, 2.45) is 17.6 Å². The average molecular weight is 681 g/mol. The van der Waals surface area contributed by atoms with Gasteiger partial charge in [-0.3, -0.25) is 29.5 Å². The molecule has 0 aromatic rings.